The Morgan fingerprint density at radius 1 is 1.21 bits per heavy atom. The summed E-state index contributed by atoms with van der Waals surface area (Å²) in [6.45, 7) is 0. The largest absolute Gasteiger partial charge is 0.434 e. The number of carbonyl (C=O) groups excluding carboxylic acids is 1. The van der Waals surface area contributed by atoms with Gasteiger partial charge in [-0.3, -0.25) is 4.79 Å². The topological polar surface area (TPSA) is 66.9 Å². The molecule has 2 aromatic rings. The fourth-order valence-electron chi connectivity index (χ4n) is 2.64. The number of nitrogens with one attached hydrogen (secondary N) is 2. The molecule has 2 heterocycles. The van der Waals surface area contributed by atoms with Crippen molar-refractivity contribution in [3.05, 3.63) is 45.7 Å². The van der Waals surface area contributed by atoms with E-state index < -0.39 is 23.3 Å². The van der Waals surface area contributed by atoms with Crippen LogP contribution >= 0.6 is 35.0 Å². The summed E-state index contributed by atoms with van der Waals surface area (Å²) < 4.78 is 40.5. The van der Waals surface area contributed by atoms with Crippen molar-refractivity contribution in [1.82, 2.24) is 15.3 Å². The van der Waals surface area contributed by atoms with Gasteiger partial charge in [-0.15, -0.1) is 0 Å². The molecule has 0 unspecified atom stereocenters. The summed E-state index contributed by atoms with van der Waals surface area (Å²) in [6.07, 6.45) is -2.52. The Bertz CT molecular complexity index is 876. The second-order valence-corrected chi connectivity index (χ2v) is 8.13. The van der Waals surface area contributed by atoms with Gasteiger partial charge >= 0.3 is 6.18 Å². The molecule has 1 fully saturated rings. The number of hydrogen-bond donors (Lipinski definition) is 2. The normalized spacial score (nSPS) is 15.3. The third-order valence-electron chi connectivity index (χ3n) is 4.04. The van der Waals surface area contributed by atoms with Crippen LogP contribution in [0.5, 0.6) is 0 Å². The summed E-state index contributed by atoms with van der Waals surface area (Å²) in [4.78, 5) is 19.7. The van der Waals surface area contributed by atoms with E-state index in [1.165, 1.54) is 18.2 Å². The maximum absolute atomic E-state index is 13.5. The lowest BCUT2D eigenvalue weighted by Gasteiger charge is -2.23. The number of rotatable bonds is 4. The molecule has 0 saturated carbocycles. The molecule has 0 bridgehead atoms. The number of aromatic nitrogens is 2. The number of carbonyl (C=O) groups is 1. The number of benzene rings is 1. The first kappa shape index (κ1) is 21.0. The molecule has 1 aliphatic rings. The molecule has 1 aromatic carbocycles. The average Bonchev–Trinajstić information content (AvgIpc) is 2.64. The molecule has 28 heavy (non-hydrogen) atoms. The van der Waals surface area contributed by atoms with Gasteiger partial charge in [0.1, 0.15) is 0 Å². The van der Waals surface area contributed by atoms with Gasteiger partial charge in [0.2, 0.25) is 5.95 Å². The van der Waals surface area contributed by atoms with Crippen LogP contribution in [-0.4, -0.2) is 33.4 Å². The van der Waals surface area contributed by atoms with Crippen molar-refractivity contribution in [2.24, 2.45) is 0 Å². The highest BCUT2D eigenvalue weighted by molar-refractivity contribution is 7.99. The molecular formula is C17H15Cl2F3N4OS. The summed E-state index contributed by atoms with van der Waals surface area (Å²) in [5.74, 6) is 0.554. The molecule has 150 valence electrons. The zero-order valence-electron chi connectivity index (χ0n) is 14.3. The zero-order valence-corrected chi connectivity index (χ0v) is 16.6. The van der Waals surface area contributed by atoms with Crippen LogP contribution in [0.15, 0.2) is 24.4 Å². The van der Waals surface area contributed by atoms with E-state index in [4.69, 9.17) is 23.2 Å². The summed E-state index contributed by atoms with van der Waals surface area (Å²) in [5.41, 5.74) is -1.63. The van der Waals surface area contributed by atoms with Gasteiger partial charge in [0.25, 0.3) is 5.91 Å². The Balaban J connectivity index is 1.86. The van der Waals surface area contributed by atoms with Gasteiger partial charge in [0.15, 0.2) is 5.69 Å². The second kappa shape index (κ2) is 8.75. The van der Waals surface area contributed by atoms with Crippen LogP contribution < -0.4 is 10.6 Å². The molecule has 0 spiro atoms. The highest BCUT2D eigenvalue weighted by atomic mass is 35.5. The lowest BCUT2D eigenvalue weighted by molar-refractivity contribution is -0.141. The molecule has 1 aromatic heterocycles. The molecule has 1 amide bonds. The van der Waals surface area contributed by atoms with Gasteiger partial charge in [-0.2, -0.15) is 24.9 Å². The third-order valence-corrected chi connectivity index (χ3v) is 5.63. The summed E-state index contributed by atoms with van der Waals surface area (Å²) in [7, 11) is 0. The molecule has 11 heteroatoms. The molecular weight excluding hydrogens is 436 g/mol. The Labute approximate surface area is 173 Å². The van der Waals surface area contributed by atoms with E-state index in [-0.39, 0.29) is 22.7 Å². The first-order valence-electron chi connectivity index (χ1n) is 8.29. The molecule has 5 nitrogen and oxygen atoms in total. The minimum atomic E-state index is -4.82. The molecule has 0 atom stereocenters. The van der Waals surface area contributed by atoms with Crippen molar-refractivity contribution in [3.63, 3.8) is 0 Å². The second-order valence-electron chi connectivity index (χ2n) is 6.06. The van der Waals surface area contributed by atoms with Gasteiger partial charge in [-0.25, -0.2) is 9.97 Å². The lowest BCUT2D eigenvalue weighted by atomic mass is 10.1. The molecule has 0 aliphatic carbocycles. The minimum Gasteiger partial charge on any atom is -0.349 e. The van der Waals surface area contributed by atoms with E-state index in [1.54, 1.807) is 11.8 Å². The van der Waals surface area contributed by atoms with Crippen LogP contribution in [0.3, 0.4) is 0 Å². The van der Waals surface area contributed by atoms with Crippen LogP contribution in [-0.2, 0) is 6.18 Å². The predicted octanol–water partition coefficient (Wildman–Crippen LogP) is 5.17. The van der Waals surface area contributed by atoms with Gasteiger partial charge in [-0.1, -0.05) is 23.2 Å². The van der Waals surface area contributed by atoms with Crippen molar-refractivity contribution in [3.8, 4) is 0 Å². The number of thioether (sulfide) groups is 1. The monoisotopic (exact) mass is 450 g/mol. The highest BCUT2D eigenvalue weighted by Gasteiger charge is 2.38. The number of halogens is 5. The van der Waals surface area contributed by atoms with E-state index in [1.807, 2.05) is 0 Å². The Hall–Kier alpha value is -1.71. The van der Waals surface area contributed by atoms with Gasteiger partial charge in [0.05, 0.1) is 16.3 Å². The Kier molecular flexibility index (Phi) is 6.57. The van der Waals surface area contributed by atoms with E-state index in [0.717, 1.165) is 17.7 Å². The molecule has 1 aliphatic heterocycles. The Morgan fingerprint density at radius 2 is 1.93 bits per heavy atom. The fourth-order valence-corrected chi connectivity index (χ4v) is 4.20. The zero-order chi connectivity index (χ0) is 20.3. The van der Waals surface area contributed by atoms with Crippen LogP contribution in [0.1, 0.15) is 28.9 Å². The van der Waals surface area contributed by atoms with Crippen LogP contribution in [0.2, 0.25) is 10.0 Å². The Morgan fingerprint density at radius 3 is 2.57 bits per heavy atom. The van der Waals surface area contributed by atoms with Gasteiger partial charge < -0.3 is 10.6 Å². The van der Waals surface area contributed by atoms with Crippen molar-refractivity contribution in [1.29, 1.82) is 0 Å². The third kappa shape index (κ3) is 5.21. The van der Waals surface area contributed by atoms with Gasteiger partial charge in [0, 0.05) is 17.3 Å². The molecule has 3 rings (SSSR count). The molecule has 0 radical (unpaired) electrons. The quantitative estimate of drug-likeness (QED) is 0.672. The predicted molar refractivity (Wildman–Crippen MR) is 105 cm³/mol. The van der Waals surface area contributed by atoms with E-state index >= 15 is 0 Å². The number of anilines is 2. The summed E-state index contributed by atoms with van der Waals surface area (Å²) in [6, 6.07) is 4.29. The fraction of sp³-hybridized carbons (Fsp3) is 0.353. The number of nitrogens with zero attached hydrogens (tertiary/aromatic N) is 2. The molecule has 2 N–H and O–H groups in total. The van der Waals surface area contributed by atoms with Crippen molar-refractivity contribution >= 4 is 52.5 Å². The van der Waals surface area contributed by atoms with Crippen molar-refractivity contribution in [2.75, 3.05) is 16.8 Å². The maximum atomic E-state index is 13.5. The van der Waals surface area contributed by atoms with E-state index in [9.17, 15) is 18.0 Å². The van der Waals surface area contributed by atoms with Gasteiger partial charge in [-0.05, 0) is 42.5 Å². The van der Waals surface area contributed by atoms with Crippen LogP contribution in [0.25, 0.3) is 0 Å². The van der Waals surface area contributed by atoms with Crippen molar-refractivity contribution in [2.45, 2.75) is 25.1 Å². The SMILES string of the molecule is O=C(NC1CCSCC1)c1cnc(Nc2ccc(Cl)cc2Cl)nc1C(F)(F)F. The number of hydrogen-bond acceptors (Lipinski definition) is 5. The van der Waals surface area contributed by atoms with Crippen LogP contribution in [0.4, 0.5) is 24.8 Å². The van der Waals surface area contributed by atoms with E-state index in [0.29, 0.717) is 17.9 Å². The lowest BCUT2D eigenvalue weighted by Crippen LogP contribution is -2.38. The minimum absolute atomic E-state index is 0.152. The first-order valence-corrected chi connectivity index (χ1v) is 10.2. The smallest absolute Gasteiger partial charge is 0.349 e. The van der Waals surface area contributed by atoms with E-state index in [2.05, 4.69) is 20.6 Å². The first-order chi connectivity index (χ1) is 13.2. The van der Waals surface area contributed by atoms with Crippen LogP contribution in [0, 0.1) is 0 Å². The highest BCUT2D eigenvalue weighted by Crippen LogP contribution is 2.32. The average molecular weight is 451 g/mol. The van der Waals surface area contributed by atoms with Crippen molar-refractivity contribution < 1.29 is 18.0 Å². The summed E-state index contributed by atoms with van der Waals surface area (Å²) in [5, 5.41) is 5.83. The summed E-state index contributed by atoms with van der Waals surface area (Å²) >= 11 is 13.6. The maximum Gasteiger partial charge on any atom is 0.434 e. The number of alkyl halides is 3. The standard InChI is InChI=1S/C17H15Cl2F3N4OS/c18-9-1-2-13(12(19)7-9)25-16-23-8-11(14(26-16)17(20,21)22)15(27)24-10-3-5-28-6-4-10/h1-2,7-8,10H,3-6H2,(H,24,27)(H,23,25,26). The number of amides is 1. The molecule has 1 saturated heterocycles.